The van der Waals surface area contributed by atoms with E-state index in [1.54, 1.807) is 18.4 Å². The van der Waals surface area contributed by atoms with Gasteiger partial charge in [0, 0.05) is 22.5 Å². The molecule has 4 aromatic carbocycles. The molecule has 0 radical (unpaired) electrons. The lowest BCUT2D eigenvalue weighted by Gasteiger charge is -2.12. The van der Waals surface area contributed by atoms with Crippen LogP contribution < -0.4 is 15.1 Å². The number of fused-ring (bicyclic) bond motifs is 2. The van der Waals surface area contributed by atoms with Gasteiger partial charge in [-0.15, -0.1) is 11.3 Å². The highest BCUT2D eigenvalue weighted by Crippen LogP contribution is 2.35. The fourth-order valence-corrected chi connectivity index (χ4v) is 6.89. The molecule has 7 nitrogen and oxygen atoms in total. The van der Waals surface area contributed by atoms with Crippen molar-refractivity contribution in [2.45, 2.75) is 13.8 Å². The monoisotopic (exact) mass is 587 g/mol. The average Bonchev–Trinajstić information content (AvgIpc) is 3.72. The molecule has 1 aliphatic heterocycles. The second-order valence-corrected chi connectivity index (χ2v) is 12.0. The van der Waals surface area contributed by atoms with Crippen molar-refractivity contribution in [3.05, 3.63) is 113 Å². The van der Waals surface area contributed by atoms with Crippen LogP contribution in [0.1, 0.15) is 18.1 Å². The minimum absolute atomic E-state index is 0.230. The summed E-state index contributed by atoms with van der Waals surface area (Å²) in [6.45, 7) is 3.99. The summed E-state index contributed by atoms with van der Waals surface area (Å²) in [6.07, 6.45) is 0. The van der Waals surface area contributed by atoms with Gasteiger partial charge in [-0.25, -0.2) is 9.97 Å². The van der Waals surface area contributed by atoms with E-state index >= 15 is 0 Å². The maximum atomic E-state index is 13.9. The Balaban J connectivity index is 1.22. The molecule has 2 aromatic heterocycles. The first-order chi connectivity index (χ1) is 20.5. The van der Waals surface area contributed by atoms with Crippen LogP contribution in [0.3, 0.4) is 0 Å². The summed E-state index contributed by atoms with van der Waals surface area (Å²) >= 11 is 3.12. The van der Waals surface area contributed by atoms with Crippen LogP contribution in [0.15, 0.2) is 107 Å². The molecule has 7 rings (SSSR count). The Morgan fingerprint density at radius 3 is 2.33 bits per heavy atom. The zero-order chi connectivity index (χ0) is 28.8. The molecule has 0 saturated carbocycles. The number of para-hydroxylation sites is 1. The molecule has 0 spiro atoms. The fraction of sp³-hybridized carbons (Fsp3) is 0.0909. The first-order valence-corrected chi connectivity index (χ1v) is 15.0. The lowest BCUT2D eigenvalue weighted by molar-refractivity contribution is -0.114. The molecule has 42 heavy (non-hydrogen) atoms. The van der Waals surface area contributed by atoms with Crippen molar-refractivity contribution < 1.29 is 9.53 Å². The van der Waals surface area contributed by atoms with Crippen LogP contribution in [-0.4, -0.2) is 28.7 Å². The number of hydrazone groups is 1. The predicted molar refractivity (Wildman–Crippen MR) is 173 cm³/mol. The summed E-state index contributed by atoms with van der Waals surface area (Å²) in [5.41, 5.74) is 7.55. The highest BCUT2D eigenvalue weighted by atomic mass is 32.1. The van der Waals surface area contributed by atoms with Gasteiger partial charge >= 0.3 is 0 Å². The molecule has 3 heterocycles. The number of hydrogen-bond acceptors (Lipinski definition) is 8. The number of nitrogens with one attached hydrogen (secondary N) is 1. The number of amides is 1. The summed E-state index contributed by atoms with van der Waals surface area (Å²) in [5, 5.41) is 11.1. The Bertz CT molecular complexity index is 2010. The van der Waals surface area contributed by atoms with Gasteiger partial charge in [0.05, 0.1) is 33.1 Å². The largest absolute Gasteiger partial charge is 0.497 e. The molecule has 1 N–H and O–H groups in total. The molecule has 206 valence electrons. The lowest BCUT2D eigenvalue weighted by Crippen LogP contribution is -2.23. The van der Waals surface area contributed by atoms with Gasteiger partial charge in [-0.3, -0.25) is 4.79 Å². The van der Waals surface area contributed by atoms with Crippen LogP contribution in [0.5, 0.6) is 5.75 Å². The topological polar surface area (TPSA) is 79.7 Å². The van der Waals surface area contributed by atoms with Crippen molar-refractivity contribution in [2.24, 2.45) is 5.10 Å². The number of hydrogen-bond donors (Lipinski definition) is 1. The Labute approximate surface area is 250 Å². The third-order valence-corrected chi connectivity index (χ3v) is 9.13. The van der Waals surface area contributed by atoms with Crippen molar-refractivity contribution >= 4 is 65.5 Å². The first-order valence-electron chi connectivity index (χ1n) is 13.4. The molecule has 9 heteroatoms. The van der Waals surface area contributed by atoms with E-state index in [0.717, 1.165) is 43.3 Å². The van der Waals surface area contributed by atoms with Crippen molar-refractivity contribution in [1.82, 2.24) is 9.97 Å². The van der Waals surface area contributed by atoms with E-state index in [-0.39, 0.29) is 5.91 Å². The Morgan fingerprint density at radius 2 is 1.57 bits per heavy atom. The summed E-state index contributed by atoms with van der Waals surface area (Å²) in [4.78, 5) is 23.4. The molecule has 0 bridgehead atoms. The highest BCUT2D eigenvalue weighted by molar-refractivity contribution is 7.22. The molecular weight excluding hydrogens is 563 g/mol. The number of nitrogens with zero attached hydrogens (tertiary/aromatic N) is 4. The number of methoxy groups -OCH3 is 1. The number of aryl methyl sites for hydroxylation is 1. The van der Waals surface area contributed by atoms with Gasteiger partial charge in [0.1, 0.15) is 16.5 Å². The van der Waals surface area contributed by atoms with Crippen molar-refractivity contribution in [3.63, 3.8) is 0 Å². The van der Waals surface area contributed by atoms with Gasteiger partial charge < -0.3 is 10.1 Å². The van der Waals surface area contributed by atoms with Crippen molar-refractivity contribution in [2.75, 3.05) is 17.4 Å². The summed E-state index contributed by atoms with van der Waals surface area (Å²) in [7, 11) is 1.63. The third kappa shape index (κ3) is 4.72. The summed E-state index contributed by atoms with van der Waals surface area (Å²) < 4.78 is 7.51. The van der Waals surface area contributed by atoms with Crippen LogP contribution in [0, 0.1) is 6.92 Å². The highest BCUT2D eigenvalue weighted by Gasteiger charge is 2.35. The predicted octanol–water partition coefficient (Wildman–Crippen LogP) is 8.03. The van der Waals surface area contributed by atoms with Crippen LogP contribution in [0.4, 0.5) is 10.8 Å². The standard InChI is InChI=1S/C33H25N5O2S2/c1-19-8-17-26-28(18-19)41-31(35-26)22-9-13-23(14-10-22)34-20(2)29-30(21-11-15-24(40-3)16-12-21)37-38(32(29)39)33-36-25-6-4-5-7-27(25)42-33/h4-18,34H,1-3H3/b29-20-. The number of benzene rings is 4. The molecule has 0 saturated heterocycles. The molecule has 0 atom stereocenters. The smallest absolute Gasteiger partial charge is 0.284 e. The van der Waals surface area contributed by atoms with E-state index in [1.165, 1.54) is 26.6 Å². The lowest BCUT2D eigenvalue weighted by atomic mass is 10.0. The minimum Gasteiger partial charge on any atom is -0.497 e. The summed E-state index contributed by atoms with van der Waals surface area (Å²) in [5.74, 6) is 0.502. The Kier molecular flexibility index (Phi) is 6.53. The number of ether oxygens (including phenoxy) is 1. The second kappa shape index (κ2) is 10.5. The number of thiazole rings is 2. The molecule has 1 amide bonds. The zero-order valence-corrected chi connectivity index (χ0v) is 24.7. The Morgan fingerprint density at radius 1 is 0.833 bits per heavy atom. The molecule has 0 fully saturated rings. The second-order valence-electron chi connectivity index (χ2n) is 9.95. The molecule has 6 aromatic rings. The maximum Gasteiger partial charge on any atom is 0.284 e. The quantitative estimate of drug-likeness (QED) is 0.200. The van der Waals surface area contributed by atoms with Crippen LogP contribution in [0.2, 0.25) is 0 Å². The van der Waals surface area contributed by atoms with Gasteiger partial charge in [0.25, 0.3) is 5.91 Å². The van der Waals surface area contributed by atoms with E-state index in [2.05, 4.69) is 35.4 Å². The minimum atomic E-state index is -0.230. The molecule has 1 aliphatic rings. The van der Waals surface area contributed by atoms with Gasteiger partial charge in [-0.1, -0.05) is 29.5 Å². The zero-order valence-electron chi connectivity index (χ0n) is 23.1. The van der Waals surface area contributed by atoms with Crippen LogP contribution >= 0.6 is 22.7 Å². The van der Waals surface area contributed by atoms with Crippen molar-refractivity contribution in [1.29, 1.82) is 0 Å². The molecule has 0 unspecified atom stereocenters. The number of carbonyl (C=O) groups is 1. The number of carbonyl (C=O) groups excluding carboxylic acids is 1. The number of allylic oxidation sites excluding steroid dienone is 1. The first kappa shape index (κ1) is 26.1. The Hall–Kier alpha value is -4.86. The number of rotatable bonds is 6. The van der Waals surface area contributed by atoms with E-state index < -0.39 is 0 Å². The van der Waals surface area contributed by atoms with Gasteiger partial charge in [0.15, 0.2) is 0 Å². The van der Waals surface area contributed by atoms with Gasteiger partial charge in [-0.05, 0) is 92.2 Å². The van der Waals surface area contributed by atoms with E-state index in [9.17, 15) is 4.79 Å². The SMILES string of the molecule is COc1ccc(C2=NN(c3nc4ccccc4s3)C(=O)/C2=C(/C)Nc2ccc(-c3nc4ccc(C)cc4s3)cc2)cc1. The van der Waals surface area contributed by atoms with Crippen LogP contribution in [-0.2, 0) is 4.79 Å². The third-order valence-electron chi connectivity index (χ3n) is 7.05. The summed E-state index contributed by atoms with van der Waals surface area (Å²) in [6, 6.07) is 29.8. The fourth-order valence-electron chi connectivity index (χ4n) is 4.90. The van der Waals surface area contributed by atoms with E-state index in [4.69, 9.17) is 14.8 Å². The average molecular weight is 588 g/mol. The van der Waals surface area contributed by atoms with Gasteiger partial charge in [0.2, 0.25) is 5.13 Å². The molecular formula is C33H25N5O2S2. The normalized spacial score (nSPS) is 14.5. The van der Waals surface area contributed by atoms with E-state index in [1.807, 2.05) is 79.7 Å². The molecule has 0 aliphatic carbocycles. The number of anilines is 2. The van der Waals surface area contributed by atoms with E-state index in [0.29, 0.717) is 22.1 Å². The van der Waals surface area contributed by atoms with Crippen molar-refractivity contribution in [3.8, 4) is 16.3 Å². The maximum absolute atomic E-state index is 13.9. The van der Waals surface area contributed by atoms with Crippen LogP contribution in [0.25, 0.3) is 31.0 Å². The number of aromatic nitrogens is 2. The van der Waals surface area contributed by atoms with Gasteiger partial charge in [-0.2, -0.15) is 10.1 Å².